The summed E-state index contributed by atoms with van der Waals surface area (Å²) >= 11 is 0. The fourth-order valence-corrected chi connectivity index (χ4v) is 3.62. The molecule has 1 atom stereocenters. The smallest absolute Gasteiger partial charge is 0.191 e. The molecule has 8 heteroatoms. The Morgan fingerprint density at radius 2 is 2.21 bits per heavy atom. The van der Waals surface area contributed by atoms with E-state index < -0.39 is 0 Å². The summed E-state index contributed by atoms with van der Waals surface area (Å²) in [6.45, 7) is 9.48. The van der Waals surface area contributed by atoms with Crippen LogP contribution >= 0.6 is 24.0 Å². The van der Waals surface area contributed by atoms with E-state index in [9.17, 15) is 0 Å². The highest BCUT2D eigenvalue weighted by Crippen LogP contribution is 2.17. The lowest BCUT2D eigenvalue weighted by atomic mass is 10.0. The first kappa shape index (κ1) is 23.2. The SMILES string of the molecule is CCNC(=NCCOc1cccnc1)NC1CCN(CC2CCOC2)CC1.I. The van der Waals surface area contributed by atoms with Gasteiger partial charge < -0.3 is 25.0 Å². The van der Waals surface area contributed by atoms with E-state index in [1.54, 1.807) is 12.4 Å². The van der Waals surface area contributed by atoms with Crippen LogP contribution in [0.2, 0.25) is 0 Å². The van der Waals surface area contributed by atoms with Crippen molar-refractivity contribution in [1.29, 1.82) is 0 Å². The topological polar surface area (TPSA) is 71.0 Å². The number of ether oxygens (including phenoxy) is 2. The van der Waals surface area contributed by atoms with Gasteiger partial charge in [0.25, 0.3) is 0 Å². The molecule has 2 N–H and O–H groups in total. The second-order valence-electron chi connectivity index (χ2n) is 7.25. The maximum atomic E-state index is 5.66. The number of aromatic nitrogens is 1. The lowest BCUT2D eigenvalue weighted by Crippen LogP contribution is -2.49. The van der Waals surface area contributed by atoms with Crippen LogP contribution in [0.1, 0.15) is 26.2 Å². The molecule has 1 unspecified atom stereocenters. The second-order valence-corrected chi connectivity index (χ2v) is 7.25. The number of pyridine rings is 1. The molecule has 28 heavy (non-hydrogen) atoms. The Hall–Kier alpha value is -1.13. The predicted octanol–water partition coefficient (Wildman–Crippen LogP) is 2.13. The summed E-state index contributed by atoms with van der Waals surface area (Å²) in [4.78, 5) is 11.3. The lowest BCUT2D eigenvalue weighted by molar-refractivity contribution is 0.150. The van der Waals surface area contributed by atoms with Crippen molar-refractivity contribution in [3.63, 3.8) is 0 Å². The molecular formula is C20H34IN5O2. The van der Waals surface area contributed by atoms with Crippen molar-refractivity contribution in [3.05, 3.63) is 24.5 Å². The molecule has 0 aliphatic carbocycles. The number of rotatable bonds is 8. The molecule has 0 radical (unpaired) electrons. The fraction of sp³-hybridized carbons (Fsp3) is 0.700. The van der Waals surface area contributed by atoms with Crippen LogP contribution in [-0.4, -0.2) is 74.4 Å². The monoisotopic (exact) mass is 503 g/mol. The third-order valence-corrected chi connectivity index (χ3v) is 5.08. The van der Waals surface area contributed by atoms with Crippen LogP contribution < -0.4 is 15.4 Å². The van der Waals surface area contributed by atoms with Crippen molar-refractivity contribution < 1.29 is 9.47 Å². The van der Waals surface area contributed by atoms with Crippen molar-refractivity contribution in [3.8, 4) is 5.75 Å². The van der Waals surface area contributed by atoms with Gasteiger partial charge in [0.2, 0.25) is 0 Å². The van der Waals surface area contributed by atoms with E-state index in [4.69, 9.17) is 9.47 Å². The molecule has 2 fully saturated rings. The Balaban J connectivity index is 0.00000280. The third kappa shape index (κ3) is 8.08. The lowest BCUT2D eigenvalue weighted by Gasteiger charge is -2.34. The molecule has 1 aromatic heterocycles. The Morgan fingerprint density at radius 1 is 1.36 bits per heavy atom. The molecule has 3 heterocycles. The van der Waals surface area contributed by atoms with E-state index in [-0.39, 0.29) is 24.0 Å². The van der Waals surface area contributed by atoms with E-state index in [0.29, 0.717) is 19.2 Å². The minimum absolute atomic E-state index is 0. The van der Waals surface area contributed by atoms with Crippen LogP contribution in [0.3, 0.4) is 0 Å². The standard InChI is InChI=1S/C20H33N5O2.HI/c1-2-22-20(23-9-13-27-19-4-3-8-21-14-19)24-18-5-10-25(11-6-18)15-17-7-12-26-16-17;/h3-4,8,14,17-18H,2,5-7,9-13,15-16H2,1H3,(H2,22,23,24);1H. The molecule has 0 spiro atoms. The molecule has 2 aliphatic heterocycles. The quantitative estimate of drug-likeness (QED) is 0.245. The summed E-state index contributed by atoms with van der Waals surface area (Å²) in [6.07, 6.45) is 6.99. The van der Waals surface area contributed by atoms with Gasteiger partial charge >= 0.3 is 0 Å². The first-order valence-corrected chi connectivity index (χ1v) is 10.2. The highest BCUT2D eigenvalue weighted by molar-refractivity contribution is 14.0. The summed E-state index contributed by atoms with van der Waals surface area (Å²) in [6, 6.07) is 4.26. The van der Waals surface area contributed by atoms with Crippen LogP contribution in [0.15, 0.2) is 29.5 Å². The number of aliphatic imine (C=N–C) groups is 1. The summed E-state index contributed by atoms with van der Waals surface area (Å²) in [5.74, 6) is 2.40. The molecule has 2 aliphatic rings. The molecular weight excluding hydrogens is 469 g/mol. The summed E-state index contributed by atoms with van der Waals surface area (Å²) in [5, 5.41) is 6.93. The fourth-order valence-electron chi connectivity index (χ4n) is 3.62. The molecule has 0 bridgehead atoms. The van der Waals surface area contributed by atoms with Gasteiger partial charge in [-0.3, -0.25) is 4.98 Å². The molecule has 0 amide bonds. The van der Waals surface area contributed by atoms with E-state index >= 15 is 0 Å². The Kier molecular flexibility index (Phi) is 10.9. The maximum absolute atomic E-state index is 5.66. The third-order valence-electron chi connectivity index (χ3n) is 5.08. The van der Waals surface area contributed by atoms with Crippen LogP contribution in [0.25, 0.3) is 0 Å². The molecule has 2 saturated heterocycles. The van der Waals surface area contributed by atoms with Gasteiger partial charge in [0.1, 0.15) is 12.4 Å². The van der Waals surface area contributed by atoms with Crippen LogP contribution in [0.4, 0.5) is 0 Å². The van der Waals surface area contributed by atoms with Crippen LogP contribution in [0.5, 0.6) is 5.75 Å². The van der Waals surface area contributed by atoms with Crippen molar-refractivity contribution in [2.45, 2.75) is 32.2 Å². The molecule has 0 saturated carbocycles. The molecule has 158 valence electrons. The Bertz CT molecular complexity index is 561. The number of guanidine groups is 1. The largest absolute Gasteiger partial charge is 0.490 e. The molecule has 3 rings (SSSR count). The zero-order valence-electron chi connectivity index (χ0n) is 16.8. The highest BCUT2D eigenvalue weighted by atomic mass is 127. The number of hydrogen-bond acceptors (Lipinski definition) is 5. The van der Waals surface area contributed by atoms with Gasteiger partial charge in [-0.05, 0) is 44.2 Å². The minimum atomic E-state index is 0. The Morgan fingerprint density at radius 3 is 2.89 bits per heavy atom. The van der Waals surface area contributed by atoms with E-state index in [1.165, 1.54) is 13.0 Å². The van der Waals surface area contributed by atoms with Crippen LogP contribution in [0, 0.1) is 5.92 Å². The number of likely N-dealkylation sites (tertiary alicyclic amines) is 1. The second kappa shape index (κ2) is 13.2. The van der Waals surface area contributed by atoms with Crippen molar-refractivity contribution in [2.75, 3.05) is 52.5 Å². The molecule has 7 nitrogen and oxygen atoms in total. The zero-order valence-corrected chi connectivity index (χ0v) is 19.1. The van der Waals surface area contributed by atoms with E-state index in [2.05, 4.69) is 32.4 Å². The summed E-state index contributed by atoms with van der Waals surface area (Å²) in [5.41, 5.74) is 0. The number of piperidine rings is 1. The van der Waals surface area contributed by atoms with Gasteiger partial charge in [-0.1, -0.05) is 0 Å². The van der Waals surface area contributed by atoms with Crippen molar-refractivity contribution in [1.82, 2.24) is 20.5 Å². The number of hydrogen-bond donors (Lipinski definition) is 2. The van der Waals surface area contributed by atoms with Crippen molar-refractivity contribution >= 4 is 29.9 Å². The maximum Gasteiger partial charge on any atom is 0.191 e. The number of nitrogens with zero attached hydrogens (tertiary/aromatic N) is 3. The van der Waals surface area contributed by atoms with Crippen molar-refractivity contribution in [2.24, 2.45) is 10.9 Å². The summed E-state index contributed by atoms with van der Waals surface area (Å²) < 4.78 is 11.2. The summed E-state index contributed by atoms with van der Waals surface area (Å²) in [7, 11) is 0. The van der Waals surface area contributed by atoms with Gasteiger partial charge in [0.05, 0.1) is 19.3 Å². The normalized spacial score (nSPS) is 21.2. The highest BCUT2D eigenvalue weighted by Gasteiger charge is 2.24. The molecule has 1 aromatic rings. The first-order valence-electron chi connectivity index (χ1n) is 10.2. The average molecular weight is 503 g/mol. The predicted molar refractivity (Wildman–Crippen MR) is 123 cm³/mol. The average Bonchev–Trinajstić information content (AvgIpc) is 3.21. The number of nitrogens with one attached hydrogen (secondary N) is 2. The Labute approximate surface area is 185 Å². The van der Waals surface area contributed by atoms with Crippen LogP contribution in [-0.2, 0) is 4.74 Å². The number of halogens is 1. The van der Waals surface area contributed by atoms with Gasteiger partial charge in [0.15, 0.2) is 5.96 Å². The van der Waals surface area contributed by atoms with E-state index in [0.717, 1.165) is 63.3 Å². The van der Waals surface area contributed by atoms with E-state index in [1.807, 2.05) is 12.1 Å². The minimum Gasteiger partial charge on any atom is -0.490 e. The van der Waals surface area contributed by atoms with Gasteiger partial charge in [0, 0.05) is 45.0 Å². The van der Waals surface area contributed by atoms with Gasteiger partial charge in [-0.15, -0.1) is 24.0 Å². The van der Waals surface area contributed by atoms with Gasteiger partial charge in [-0.2, -0.15) is 0 Å². The molecule has 0 aromatic carbocycles. The first-order chi connectivity index (χ1) is 13.3. The zero-order chi connectivity index (χ0) is 18.7. The van der Waals surface area contributed by atoms with Gasteiger partial charge in [-0.25, -0.2) is 4.99 Å².